The molecule has 3 aromatic rings. The molecule has 2 aliphatic rings. The highest BCUT2D eigenvalue weighted by atomic mass is 32.2. The Morgan fingerprint density at radius 3 is 2.14 bits per heavy atom. The van der Waals surface area contributed by atoms with Crippen molar-refractivity contribution in [3.8, 4) is 5.75 Å². The van der Waals surface area contributed by atoms with E-state index in [2.05, 4.69) is 59.8 Å². The van der Waals surface area contributed by atoms with Gasteiger partial charge in [-0.2, -0.15) is 11.8 Å². The fourth-order valence-corrected chi connectivity index (χ4v) is 6.03. The molecular weight excluding hydrogens is 458 g/mol. The number of carbonyl (C=O) groups is 1. The number of aromatic nitrogens is 1. The fourth-order valence-electron chi connectivity index (χ4n) is 5.59. The van der Waals surface area contributed by atoms with Gasteiger partial charge < -0.3 is 10.0 Å². The highest BCUT2D eigenvalue weighted by Gasteiger charge is 2.44. The van der Waals surface area contributed by atoms with Crippen LogP contribution in [0, 0.1) is 0 Å². The first-order valence-corrected chi connectivity index (χ1v) is 13.5. The van der Waals surface area contributed by atoms with Gasteiger partial charge in [-0.25, -0.2) is 0 Å². The van der Waals surface area contributed by atoms with E-state index in [1.165, 1.54) is 28.3 Å². The van der Waals surface area contributed by atoms with Gasteiger partial charge in [0.1, 0.15) is 6.17 Å². The lowest BCUT2D eigenvalue weighted by Gasteiger charge is -2.51. The predicted octanol–water partition coefficient (Wildman–Crippen LogP) is 4.32. The second kappa shape index (κ2) is 9.46. The molecule has 0 spiro atoms. The largest absolute Gasteiger partial charge is 0.502 e. The molecule has 0 fully saturated rings. The second-order valence-corrected chi connectivity index (χ2v) is 10.5. The Balaban J connectivity index is 1.83. The molecule has 7 heteroatoms. The number of hydrogen-bond acceptors (Lipinski definition) is 5. The van der Waals surface area contributed by atoms with E-state index < -0.39 is 11.2 Å². The van der Waals surface area contributed by atoms with Gasteiger partial charge in [0.2, 0.25) is 5.43 Å². The van der Waals surface area contributed by atoms with Crippen LogP contribution in [0.4, 0.5) is 0 Å². The molecule has 2 aromatic carbocycles. The van der Waals surface area contributed by atoms with Gasteiger partial charge in [0.15, 0.2) is 11.4 Å². The third-order valence-electron chi connectivity index (χ3n) is 7.13. The molecule has 6 nitrogen and oxygen atoms in total. The van der Waals surface area contributed by atoms with Crippen LogP contribution in [0.25, 0.3) is 0 Å². The lowest BCUT2D eigenvalue weighted by Crippen LogP contribution is -2.64. The van der Waals surface area contributed by atoms with E-state index in [9.17, 15) is 14.7 Å². The monoisotopic (exact) mass is 489 g/mol. The number of nitrogens with zero attached hydrogens (tertiary/aromatic N) is 3. The van der Waals surface area contributed by atoms with Crippen molar-refractivity contribution in [3.63, 3.8) is 0 Å². The van der Waals surface area contributed by atoms with Crippen LogP contribution in [0.15, 0.2) is 65.6 Å². The maximum Gasteiger partial charge on any atom is 0.278 e. The van der Waals surface area contributed by atoms with Crippen LogP contribution in [-0.2, 0) is 12.8 Å². The Bertz CT molecular complexity index is 1270. The average Bonchev–Trinajstić information content (AvgIpc) is 3.01. The van der Waals surface area contributed by atoms with Crippen LogP contribution in [0.3, 0.4) is 0 Å². The first-order chi connectivity index (χ1) is 16.9. The smallest absolute Gasteiger partial charge is 0.278 e. The molecule has 0 saturated carbocycles. The van der Waals surface area contributed by atoms with Crippen molar-refractivity contribution in [2.45, 2.75) is 51.4 Å². The van der Waals surface area contributed by atoms with Crippen molar-refractivity contribution >= 4 is 17.7 Å². The third kappa shape index (κ3) is 3.92. The highest BCUT2D eigenvalue weighted by Crippen LogP contribution is 2.41. The number of hydrogen-bond donors (Lipinski definition) is 1. The molecule has 35 heavy (non-hydrogen) atoms. The molecule has 1 aromatic heterocycles. The summed E-state index contributed by atoms with van der Waals surface area (Å²) in [4.78, 5) is 28.0. The third-order valence-corrected chi connectivity index (χ3v) is 7.77. The van der Waals surface area contributed by atoms with E-state index in [0.29, 0.717) is 0 Å². The normalized spacial score (nSPS) is 17.7. The molecule has 0 saturated heterocycles. The Labute approximate surface area is 210 Å². The molecule has 2 heterocycles. The van der Waals surface area contributed by atoms with Crippen molar-refractivity contribution in [2.24, 2.45) is 0 Å². The molecule has 1 unspecified atom stereocenters. The number of benzene rings is 2. The molecule has 0 radical (unpaired) electrons. The minimum atomic E-state index is -0.544. The summed E-state index contributed by atoms with van der Waals surface area (Å²) in [5.74, 6) is 0.0641. The Morgan fingerprint density at radius 2 is 1.57 bits per heavy atom. The standard InChI is InChI=1S/C28H31N3O3S/c1-18(2)30-24(15-17-35-3)31(29-16-14-23(32)27(33)26(29)28(30)34)25-21-10-6-4-8-19(21)12-13-20-9-5-7-11-22(20)25/h4-11,14,16,18,24-25,33H,12-13,15,17H2,1-3H3. The topological polar surface area (TPSA) is 65.8 Å². The number of pyridine rings is 1. The molecule has 5 rings (SSSR count). The molecule has 0 bridgehead atoms. The molecular formula is C28H31N3O3S. The molecule has 1 aliphatic heterocycles. The quantitative estimate of drug-likeness (QED) is 0.578. The lowest BCUT2D eigenvalue weighted by molar-refractivity contribution is 0.0459. The van der Waals surface area contributed by atoms with Crippen molar-refractivity contribution in [3.05, 3.63) is 99.0 Å². The first-order valence-electron chi connectivity index (χ1n) is 12.1. The predicted molar refractivity (Wildman–Crippen MR) is 141 cm³/mol. The summed E-state index contributed by atoms with van der Waals surface area (Å²) in [6, 6.07) is 18.0. The lowest BCUT2D eigenvalue weighted by atomic mass is 9.93. The molecule has 1 atom stereocenters. The summed E-state index contributed by atoms with van der Waals surface area (Å²) >= 11 is 1.75. The molecule has 1 aliphatic carbocycles. The van der Waals surface area contributed by atoms with Crippen LogP contribution < -0.4 is 10.4 Å². The zero-order chi connectivity index (χ0) is 24.7. The maximum atomic E-state index is 13.8. The number of fused-ring (bicyclic) bond motifs is 3. The van der Waals surface area contributed by atoms with Crippen LogP contribution in [0.1, 0.15) is 59.1 Å². The van der Waals surface area contributed by atoms with E-state index in [0.717, 1.165) is 25.0 Å². The average molecular weight is 490 g/mol. The summed E-state index contributed by atoms with van der Waals surface area (Å²) < 4.78 is 1.74. The van der Waals surface area contributed by atoms with E-state index in [1.54, 1.807) is 22.6 Å². The minimum Gasteiger partial charge on any atom is -0.502 e. The van der Waals surface area contributed by atoms with E-state index in [-0.39, 0.29) is 29.9 Å². The number of thioether (sulfide) groups is 1. The summed E-state index contributed by atoms with van der Waals surface area (Å²) in [5.41, 5.74) is 4.42. The minimum absolute atomic E-state index is 0.0332. The van der Waals surface area contributed by atoms with E-state index in [4.69, 9.17) is 0 Å². The Morgan fingerprint density at radius 1 is 0.971 bits per heavy atom. The summed E-state index contributed by atoms with van der Waals surface area (Å²) in [6.07, 6.45) is 6.08. The molecule has 182 valence electrons. The van der Waals surface area contributed by atoms with Gasteiger partial charge in [-0.3, -0.25) is 19.3 Å². The van der Waals surface area contributed by atoms with Crippen LogP contribution in [-0.4, -0.2) is 44.8 Å². The van der Waals surface area contributed by atoms with Gasteiger partial charge in [0, 0.05) is 18.3 Å². The van der Waals surface area contributed by atoms with E-state index >= 15 is 0 Å². The van der Waals surface area contributed by atoms with Crippen molar-refractivity contribution in [1.82, 2.24) is 9.58 Å². The van der Waals surface area contributed by atoms with Gasteiger partial charge in [0.25, 0.3) is 5.91 Å². The zero-order valence-electron chi connectivity index (χ0n) is 20.3. The number of carbonyl (C=O) groups excluding carboxylic acids is 1. The number of aromatic hydroxyl groups is 1. The summed E-state index contributed by atoms with van der Waals surface area (Å²) in [5, 5.41) is 13.0. The Kier molecular flexibility index (Phi) is 6.36. The van der Waals surface area contributed by atoms with Crippen LogP contribution in [0.5, 0.6) is 5.75 Å². The van der Waals surface area contributed by atoms with E-state index in [1.807, 2.05) is 18.7 Å². The van der Waals surface area contributed by atoms with Gasteiger partial charge in [-0.15, -0.1) is 0 Å². The van der Waals surface area contributed by atoms with Crippen LogP contribution >= 0.6 is 11.8 Å². The maximum absolute atomic E-state index is 13.8. The van der Waals surface area contributed by atoms with Gasteiger partial charge in [-0.1, -0.05) is 48.5 Å². The fraction of sp³-hybridized carbons (Fsp3) is 0.357. The first kappa shape index (κ1) is 23.5. The van der Waals surface area contributed by atoms with Crippen molar-refractivity contribution in [1.29, 1.82) is 0 Å². The zero-order valence-corrected chi connectivity index (χ0v) is 21.2. The number of amides is 1. The van der Waals surface area contributed by atoms with Gasteiger partial charge in [0.05, 0.1) is 6.04 Å². The van der Waals surface area contributed by atoms with Crippen molar-refractivity contribution < 1.29 is 9.90 Å². The van der Waals surface area contributed by atoms with Crippen LogP contribution in [0.2, 0.25) is 0 Å². The number of rotatable bonds is 5. The van der Waals surface area contributed by atoms with Crippen molar-refractivity contribution in [2.75, 3.05) is 17.0 Å². The van der Waals surface area contributed by atoms with Gasteiger partial charge >= 0.3 is 0 Å². The SMILES string of the molecule is CSCCC1N(C(C)C)C(=O)c2c(O)c(=O)ccn2N1C1c2ccccc2CCc2ccccc21. The highest BCUT2D eigenvalue weighted by molar-refractivity contribution is 7.98. The second-order valence-electron chi connectivity index (χ2n) is 9.47. The Hall–Kier alpha value is -3.19. The summed E-state index contributed by atoms with van der Waals surface area (Å²) in [7, 11) is 0. The molecule has 1 N–H and O–H groups in total. The molecule has 1 amide bonds. The summed E-state index contributed by atoms with van der Waals surface area (Å²) in [6.45, 7) is 3.98. The van der Waals surface area contributed by atoms with Gasteiger partial charge in [-0.05, 0) is 67.4 Å². The number of aryl methyl sites for hydroxylation is 2.